The maximum atomic E-state index is 13.0. The lowest BCUT2D eigenvalue weighted by molar-refractivity contribution is 0.178. The second-order valence-electron chi connectivity index (χ2n) is 4.43. The third-order valence-corrected chi connectivity index (χ3v) is 3.88. The van der Waals surface area contributed by atoms with Crippen LogP contribution >= 0.6 is 23.2 Å². The van der Waals surface area contributed by atoms with Gasteiger partial charge in [0, 0.05) is 16.5 Å². The quantitative estimate of drug-likeness (QED) is 0.869. The molecule has 2 aromatic rings. The molecule has 4 heteroatoms. The number of aliphatic hydroxyl groups is 1. The van der Waals surface area contributed by atoms with E-state index in [4.69, 9.17) is 23.2 Å². The minimum absolute atomic E-state index is 0.294. The number of aliphatic hydroxyl groups excluding tert-OH is 1. The topological polar surface area (TPSA) is 20.2 Å². The molecule has 1 N–H and O–H groups in total. The highest BCUT2D eigenvalue weighted by atomic mass is 35.5. The van der Waals surface area contributed by atoms with Crippen LogP contribution in [0.15, 0.2) is 36.4 Å². The Morgan fingerprint density at radius 3 is 2.63 bits per heavy atom. The number of hydrogen-bond acceptors (Lipinski definition) is 1. The molecule has 2 rings (SSSR count). The minimum atomic E-state index is -0.768. The van der Waals surface area contributed by atoms with Gasteiger partial charge in [0.2, 0.25) is 0 Å². The van der Waals surface area contributed by atoms with E-state index in [0.29, 0.717) is 27.6 Å². The van der Waals surface area contributed by atoms with Crippen molar-refractivity contribution in [2.24, 2.45) is 0 Å². The average molecular weight is 299 g/mol. The molecular weight excluding hydrogens is 286 g/mol. The molecule has 0 aliphatic heterocycles. The number of aryl methyl sites for hydroxylation is 1. The van der Waals surface area contributed by atoms with Gasteiger partial charge in [-0.2, -0.15) is 0 Å². The van der Waals surface area contributed by atoms with Crippen molar-refractivity contribution in [1.82, 2.24) is 0 Å². The number of halogens is 3. The van der Waals surface area contributed by atoms with E-state index in [-0.39, 0.29) is 0 Å². The third-order valence-electron chi connectivity index (χ3n) is 3.01. The van der Waals surface area contributed by atoms with E-state index in [1.807, 2.05) is 19.1 Å². The SMILES string of the molecule is Cc1cccc(C(O)Cc2ccc(F)cc2Cl)c1Cl. The predicted octanol–water partition coefficient (Wildman–Crippen LogP) is 4.72. The Morgan fingerprint density at radius 1 is 1.21 bits per heavy atom. The van der Waals surface area contributed by atoms with Crippen molar-refractivity contribution >= 4 is 23.2 Å². The Morgan fingerprint density at radius 2 is 1.95 bits per heavy atom. The predicted molar refractivity (Wildman–Crippen MR) is 76.3 cm³/mol. The molecular formula is C15H13Cl2FO. The molecule has 0 aliphatic carbocycles. The van der Waals surface area contributed by atoms with Gasteiger partial charge >= 0.3 is 0 Å². The van der Waals surface area contributed by atoms with E-state index >= 15 is 0 Å². The molecule has 19 heavy (non-hydrogen) atoms. The molecule has 0 fully saturated rings. The lowest BCUT2D eigenvalue weighted by atomic mass is 10.00. The summed E-state index contributed by atoms with van der Waals surface area (Å²) in [5.74, 6) is -0.392. The van der Waals surface area contributed by atoms with Gasteiger partial charge in [-0.3, -0.25) is 0 Å². The summed E-state index contributed by atoms with van der Waals surface area (Å²) >= 11 is 12.1. The maximum absolute atomic E-state index is 13.0. The molecule has 1 unspecified atom stereocenters. The number of rotatable bonds is 3. The second-order valence-corrected chi connectivity index (χ2v) is 5.22. The molecule has 0 spiro atoms. The fourth-order valence-electron chi connectivity index (χ4n) is 1.93. The highest BCUT2D eigenvalue weighted by molar-refractivity contribution is 6.32. The van der Waals surface area contributed by atoms with Gasteiger partial charge in [-0.25, -0.2) is 4.39 Å². The molecule has 0 radical (unpaired) electrons. The van der Waals surface area contributed by atoms with Crippen LogP contribution in [0, 0.1) is 12.7 Å². The van der Waals surface area contributed by atoms with Crippen molar-refractivity contribution in [3.05, 3.63) is 69.0 Å². The highest BCUT2D eigenvalue weighted by Gasteiger charge is 2.15. The van der Waals surface area contributed by atoms with Crippen LogP contribution in [0.25, 0.3) is 0 Å². The highest BCUT2D eigenvalue weighted by Crippen LogP contribution is 2.30. The molecule has 0 saturated carbocycles. The van der Waals surface area contributed by atoms with Gasteiger partial charge in [0.15, 0.2) is 0 Å². The van der Waals surface area contributed by atoms with Gasteiger partial charge < -0.3 is 5.11 Å². The molecule has 0 aliphatic rings. The monoisotopic (exact) mass is 298 g/mol. The average Bonchev–Trinajstić information content (AvgIpc) is 2.36. The van der Waals surface area contributed by atoms with E-state index in [1.54, 1.807) is 12.1 Å². The lowest BCUT2D eigenvalue weighted by Gasteiger charge is -2.15. The summed E-state index contributed by atoms with van der Waals surface area (Å²) < 4.78 is 13.0. The molecule has 0 amide bonds. The van der Waals surface area contributed by atoms with Crippen molar-refractivity contribution in [2.45, 2.75) is 19.4 Å². The van der Waals surface area contributed by atoms with Crippen molar-refractivity contribution in [2.75, 3.05) is 0 Å². The molecule has 1 atom stereocenters. The Bertz CT molecular complexity index is 599. The van der Waals surface area contributed by atoms with E-state index < -0.39 is 11.9 Å². The summed E-state index contributed by atoms with van der Waals surface area (Å²) in [7, 11) is 0. The molecule has 0 saturated heterocycles. The van der Waals surface area contributed by atoms with Crippen LogP contribution < -0.4 is 0 Å². The normalized spacial score (nSPS) is 12.5. The van der Waals surface area contributed by atoms with Crippen LogP contribution in [0.5, 0.6) is 0 Å². The number of benzene rings is 2. The molecule has 2 aromatic carbocycles. The van der Waals surface area contributed by atoms with E-state index in [1.165, 1.54) is 12.1 Å². The molecule has 0 aromatic heterocycles. The first-order valence-corrected chi connectivity index (χ1v) is 6.61. The van der Waals surface area contributed by atoms with Gasteiger partial charge in [0.25, 0.3) is 0 Å². The van der Waals surface area contributed by atoms with Gasteiger partial charge in [0.1, 0.15) is 5.82 Å². The fraction of sp³-hybridized carbons (Fsp3) is 0.200. The zero-order valence-corrected chi connectivity index (χ0v) is 11.8. The second kappa shape index (κ2) is 5.91. The van der Waals surface area contributed by atoms with Crippen LogP contribution in [0.3, 0.4) is 0 Å². The van der Waals surface area contributed by atoms with Crippen LogP contribution in [-0.2, 0) is 6.42 Å². The van der Waals surface area contributed by atoms with E-state index in [9.17, 15) is 9.50 Å². The summed E-state index contributed by atoms with van der Waals surface area (Å²) in [5, 5.41) is 11.1. The smallest absolute Gasteiger partial charge is 0.124 e. The van der Waals surface area contributed by atoms with Gasteiger partial charge in [-0.1, -0.05) is 47.5 Å². The Labute approximate surface area is 121 Å². The largest absolute Gasteiger partial charge is 0.388 e. The van der Waals surface area contributed by atoms with Crippen LogP contribution in [0.4, 0.5) is 4.39 Å². The fourth-order valence-corrected chi connectivity index (χ4v) is 2.43. The van der Waals surface area contributed by atoms with E-state index in [2.05, 4.69) is 0 Å². The molecule has 100 valence electrons. The van der Waals surface area contributed by atoms with Crippen molar-refractivity contribution in [3.8, 4) is 0 Å². The zero-order valence-electron chi connectivity index (χ0n) is 10.3. The summed E-state index contributed by atoms with van der Waals surface area (Å²) in [5.41, 5.74) is 2.25. The summed E-state index contributed by atoms with van der Waals surface area (Å²) in [6.45, 7) is 1.88. The van der Waals surface area contributed by atoms with Crippen LogP contribution in [-0.4, -0.2) is 5.11 Å². The Hall–Kier alpha value is -1.09. The van der Waals surface area contributed by atoms with Crippen LogP contribution in [0.2, 0.25) is 10.0 Å². The number of hydrogen-bond donors (Lipinski definition) is 1. The standard InChI is InChI=1S/C15H13Cl2FO/c1-9-3-2-4-12(15(9)17)14(19)7-10-5-6-11(18)8-13(10)16/h2-6,8,14,19H,7H2,1H3. The maximum Gasteiger partial charge on any atom is 0.124 e. The Kier molecular flexibility index (Phi) is 4.46. The molecule has 0 bridgehead atoms. The molecule has 1 nitrogen and oxygen atoms in total. The van der Waals surface area contributed by atoms with E-state index in [0.717, 1.165) is 5.56 Å². The zero-order chi connectivity index (χ0) is 14.0. The van der Waals surface area contributed by atoms with Crippen molar-refractivity contribution in [3.63, 3.8) is 0 Å². The van der Waals surface area contributed by atoms with Gasteiger partial charge in [-0.15, -0.1) is 0 Å². The van der Waals surface area contributed by atoms with Gasteiger partial charge in [0.05, 0.1) is 6.10 Å². The van der Waals surface area contributed by atoms with Crippen molar-refractivity contribution < 1.29 is 9.50 Å². The summed E-state index contributed by atoms with van der Waals surface area (Å²) in [4.78, 5) is 0. The molecule has 0 heterocycles. The first kappa shape index (κ1) is 14.3. The third kappa shape index (κ3) is 3.27. The first-order chi connectivity index (χ1) is 8.99. The van der Waals surface area contributed by atoms with Crippen molar-refractivity contribution in [1.29, 1.82) is 0 Å². The Balaban J connectivity index is 2.25. The lowest BCUT2D eigenvalue weighted by Crippen LogP contribution is -2.04. The summed E-state index contributed by atoms with van der Waals surface area (Å²) in [6.07, 6.45) is -0.474. The first-order valence-electron chi connectivity index (χ1n) is 5.86. The van der Waals surface area contributed by atoms with Crippen LogP contribution in [0.1, 0.15) is 22.8 Å². The van der Waals surface area contributed by atoms with Gasteiger partial charge in [-0.05, 0) is 35.7 Å². The minimum Gasteiger partial charge on any atom is -0.388 e. The summed E-state index contributed by atoms with van der Waals surface area (Å²) in [6, 6.07) is 9.63.